The third-order valence-electron chi connectivity index (χ3n) is 2.16. The summed E-state index contributed by atoms with van der Waals surface area (Å²) in [5.41, 5.74) is 0.588. The van der Waals surface area contributed by atoms with Crippen LogP contribution in [0.3, 0.4) is 0 Å². The van der Waals surface area contributed by atoms with Crippen LogP contribution in [0.15, 0.2) is 18.2 Å². The summed E-state index contributed by atoms with van der Waals surface area (Å²) in [6.07, 6.45) is 0. The van der Waals surface area contributed by atoms with E-state index < -0.39 is 4.92 Å². The van der Waals surface area contributed by atoms with Crippen molar-refractivity contribution in [2.45, 2.75) is 6.92 Å². The van der Waals surface area contributed by atoms with Crippen LogP contribution in [0.25, 0.3) is 0 Å². The van der Waals surface area contributed by atoms with Gasteiger partial charge in [0.05, 0.1) is 23.8 Å². The minimum absolute atomic E-state index is 0.0224. The molecule has 0 amide bonds. The predicted octanol–water partition coefficient (Wildman–Crippen LogP) is 2.51. The summed E-state index contributed by atoms with van der Waals surface area (Å²) in [4.78, 5) is 10.2. The van der Waals surface area contributed by atoms with Gasteiger partial charge in [-0.1, -0.05) is 11.3 Å². The molecule has 94 valence electrons. The first-order valence-corrected chi connectivity index (χ1v) is 5.81. The summed E-state index contributed by atoms with van der Waals surface area (Å²) < 4.78 is 5.10. The first kappa shape index (κ1) is 12.2. The smallest absolute Gasteiger partial charge is 0.273 e. The molecule has 18 heavy (non-hydrogen) atoms. The lowest BCUT2D eigenvalue weighted by atomic mass is 10.2. The fraction of sp³-hybridized carbons (Fsp3) is 0.200. The second-order valence-corrected chi connectivity index (χ2v) is 4.57. The van der Waals surface area contributed by atoms with E-state index in [1.807, 2.05) is 6.92 Å². The molecule has 7 nitrogen and oxygen atoms in total. The molecule has 8 heteroatoms. The Balaban J connectivity index is 2.30. The van der Waals surface area contributed by atoms with Gasteiger partial charge in [-0.15, -0.1) is 10.2 Å². The average Bonchev–Trinajstić information content (AvgIpc) is 2.75. The number of ether oxygens (including phenoxy) is 1. The minimum Gasteiger partial charge on any atom is -0.494 e. The van der Waals surface area contributed by atoms with Gasteiger partial charge in [-0.2, -0.15) is 0 Å². The van der Waals surface area contributed by atoms with Crippen molar-refractivity contribution in [2.24, 2.45) is 0 Å². The predicted molar refractivity (Wildman–Crippen MR) is 67.6 cm³/mol. The Morgan fingerprint density at radius 2 is 2.22 bits per heavy atom. The molecule has 0 atom stereocenters. The summed E-state index contributed by atoms with van der Waals surface area (Å²) in [5, 5.41) is 22.9. The maximum Gasteiger partial charge on any atom is 0.273 e. The van der Waals surface area contributed by atoms with Crippen LogP contribution in [0, 0.1) is 17.0 Å². The number of nitrogens with one attached hydrogen (secondary N) is 1. The number of hydrogen-bond donors (Lipinski definition) is 1. The van der Waals surface area contributed by atoms with E-state index in [4.69, 9.17) is 4.74 Å². The fourth-order valence-electron chi connectivity index (χ4n) is 1.36. The van der Waals surface area contributed by atoms with Gasteiger partial charge in [0.15, 0.2) is 0 Å². The van der Waals surface area contributed by atoms with Crippen LogP contribution >= 0.6 is 11.3 Å². The Morgan fingerprint density at radius 1 is 1.44 bits per heavy atom. The van der Waals surface area contributed by atoms with Crippen molar-refractivity contribution in [3.8, 4) is 5.75 Å². The second-order valence-electron chi connectivity index (χ2n) is 3.39. The Labute approximate surface area is 107 Å². The van der Waals surface area contributed by atoms with Gasteiger partial charge < -0.3 is 10.1 Å². The number of nitrogens with zero attached hydrogens (tertiary/aromatic N) is 3. The van der Waals surface area contributed by atoms with E-state index in [0.717, 1.165) is 5.01 Å². The monoisotopic (exact) mass is 266 g/mol. The van der Waals surface area contributed by atoms with Crippen molar-refractivity contribution in [3.63, 3.8) is 0 Å². The summed E-state index contributed by atoms with van der Waals surface area (Å²) in [6.45, 7) is 1.84. The third-order valence-corrected chi connectivity index (χ3v) is 2.92. The molecule has 1 heterocycles. The van der Waals surface area contributed by atoms with Crippen molar-refractivity contribution in [2.75, 3.05) is 12.4 Å². The van der Waals surface area contributed by atoms with E-state index in [2.05, 4.69) is 15.5 Å². The zero-order valence-corrected chi connectivity index (χ0v) is 10.5. The molecule has 0 aliphatic carbocycles. The van der Waals surface area contributed by atoms with Crippen molar-refractivity contribution < 1.29 is 9.66 Å². The van der Waals surface area contributed by atoms with Crippen LogP contribution < -0.4 is 10.1 Å². The molecule has 0 aliphatic heterocycles. The molecule has 0 aliphatic rings. The molecule has 2 rings (SSSR count). The van der Waals surface area contributed by atoms with Gasteiger partial charge in [-0.25, -0.2) is 0 Å². The zero-order valence-electron chi connectivity index (χ0n) is 9.71. The van der Waals surface area contributed by atoms with E-state index in [-0.39, 0.29) is 5.69 Å². The molecule has 0 bridgehead atoms. The van der Waals surface area contributed by atoms with Gasteiger partial charge in [0.2, 0.25) is 5.13 Å². The highest BCUT2D eigenvalue weighted by Gasteiger charge is 2.12. The maximum absolute atomic E-state index is 10.7. The normalized spacial score (nSPS) is 10.1. The van der Waals surface area contributed by atoms with Crippen molar-refractivity contribution >= 4 is 27.8 Å². The minimum atomic E-state index is -0.471. The number of aromatic nitrogens is 2. The summed E-state index contributed by atoms with van der Waals surface area (Å²) in [6, 6.07) is 4.34. The summed E-state index contributed by atoms with van der Waals surface area (Å²) in [5.74, 6) is 0.386. The molecular weight excluding hydrogens is 256 g/mol. The van der Waals surface area contributed by atoms with Gasteiger partial charge >= 0.3 is 0 Å². The number of methoxy groups -OCH3 is 1. The number of non-ortho nitro benzene ring substituents is 1. The topological polar surface area (TPSA) is 90.2 Å². The van der Waals surface area contributed by atoms with Crippen LogP contribution in [0.1, 0.15) is 5.01 Å². The van der Waals surface area contributed by atoms with Crippen LogP contribution in [-0.4, -0.2) is 22.2 Å². The molecule has 0 unspecified atom stereocenters. The Bertz CT molecular complexity index is 584. The molecule has 2 aromatic rings. The molecule has 1 aromatic carbocycles. The zero-order chi connectivity index (χ0) is 13.1. The standard InChI is InChI=1S/C10H10N4O3S/c1-6-12-13-10(18-6)11-8-4-3-7(14(15)16)5-9(8)17-2/h3-5H,1-2H3,(H,11,13). The number of benzene rings is 1. The molecule has 1 N–H and O–H groups in total. The van der Waals surface area contributed by atoms with Crippen LogP contribution in [0.4, 0.5) is 16.5 Å². The van der Waals surface area contributed by atoms with Crippen LogP contribution in [-0.2, 0) is 0 Å². The van der Waals surface area contributed by atoms with E-state index in [1.165, 1.54) is 30.6 Å². The number of hydrogen-bond acceptors (Lipinski definition) is 7. The SMILES string of the molecule is COc1cc([N+](=O)[O-])ccc1Nc1nnc(C)s1. The summed E-state index contributed by atoms with van der Waals surface area (Å²) >= 11 is 1.39. The molecule has 0 saturated heterocycles. The third kappa shape index (κ3) is 2.54. The fourth-order valence-corrected chi connectivity index (χ4v) is 1.96. The molecule has 0 spiro atoms. The summed E-state index contributed by atoms with van der Waals surface area (Å²) in [7, 11) is 1.45. The molecule has 0 radical (unpaired) electrons. The van der Waals surface area contributed by atoms with Crippen LogP contribution in [0.2, 0.25) is 0 Å². The average molecular weight is 266 g/mol. The quantitative estimate of drug-likeness (QED) is 0.675. The van der Waals surface area contributed by atoms with Gasteiger partial charge in [-0.3, -0.25) is 10.1 Å². The largest absolute Gasteiger partial charge is 0.494 e. The molecule has 1 aromatic heterocycles. The van der Waals surface area contributed by atoms with Crippen molar-refractivity contribution in [1.82, 2.24) is 10.2 Å². The van der Waals surface area contributed by atoms with E-state index in [0.29, 0.717) is 16.6 Å². The highest BCUT2D eigenvalue weighted by molar-refractivity contribution is 7.15. The lowest BCUT2D eigenvalue weighted by Gasteiger charge is -2.07. The maximum atomic E-state index is 10.7. The van der Waals surface area contributed by atoms with Gasteiger partial charge in [-0.05, 0) is 13.0 Å². The van der Waals surface area contributed by atoms with Gasteiger partial charge in [0.1, 0.15) is 10.8 Å². The van der Waals surface area contributed by atoms with E-state index in [9.17, 15) is 10.1 Å². The molecule has 0 fully saturated rings. The van der Waals surface area contributed by atoms with Crippen LogP contribution in [0.5, 0.6) is 5.75 Å². The molecule has 0 saturated carbocycles. The lowest BCUT2D eigenvalue weighted by molar-refractivity contribution is -0.384. The molecular formula is C10H10N4O3S. The number of anilines is 2. The first-order valence-electron chi connectivity index (χ1n) is 4.99. The number of nitro groups is 1. The Hall–Kier alpha value is -2.22. The first-order chi connectivity index (χ1) is 8.60. The second kappa shape index (κ2) is 4.96. The van der Waals surface area contributed by atoms with Crippen molar-refractivity contribution in [3.05, 3.63) is 33.3 Å². The Kier molecular flexibility index (Phi) is 3.38. The highest BCUT2D eigenvalue weighted by atomic mass is 32.1. The highest BCUT2D eigenvalue weighted by Crippen LogP contribution is 2.32. The van der Waals surface area contributed by atoms with E-state index >= 15 is 0 Å². The van der Waals surface area contributed by atoms with E-state index in [1.54, 1.807) is 6.07 Å². The number of nitro benzene ring substituents is 1. The van der Waals surface area contributed by atoms with Gasteiger partial charge in [0, 0.05) is 6.07 Å². The van der Waals surface area contributed by atoms with Crippen molar-refractivity contribution in [1.29, 1.82) is 0 Å². The lowest BCUT2D eigenvalue weighted by Crippen LogP contribution is -1.96. The van der Waals surface area contributed by atoms with Gasteiger partial charge in [0.25, 0.3) is 5.69 Å². The number of aryl methyl sites for hydroxylation is 1. The Morgan fingerprint density at radius 3 is 2.78 bits per heavy atom. The number of rotatable bonds is 4.